The summed E-state index contributed by atoms with van der Waals surface area (Å²) in [5.41, 5.74) is 0.553. The van der Waals surface area contributed by atoms with Crippen LogP contribution in [-0.2, 0) is 14.3 Å². The maximum Gasteiger partial charge on any atom is 0.325 e. The molecule has 0 bridgehead atoms. The number of likely N-dealkylation sites (tertiary alicyclic amines) is 1. The lowest BCUT2D eigenvalue weighted by molar-refractivity contribution is -0.150. The number of halogens is 1. The topological polar surface area (TPSA) is 66.9 Å². The van der Waals surface area contributed by atoms with Gasteiger partial charge in [0.1, 0.15) is 6.54 Å². The highest BCUT2D eigenvalue weighted by atomic mass is 35.5. The average Bonchev–Trinajstić information content (AvgIpc) is 2.65. The van der Waals surface area contributed by atoms with E-state index in [9.17, 15) is 14.4 Å². The van der Waals surface area contributed by atoms with Gasteiger partial charge in [-0.1, -0.05) is 11.6 Å². The van der Waals surface area contributed by atoms with E-state index in [4.69, 9.17) is 11.6 Å². The van der Waals surface area contributed by atoms with Crippen molar-refractivity contribution in [2.45, 2.75) is 32.7 Å². The van der Waals surface area contributed by atoms with E-state index in [1.54, 1.807) is 29.2 Å². The van der Waals surface area contributed by atoms with Crippen molar-refractivity contribution >= 4 is 29.4 Å². The summed E-state index contributed by atoms with van der Waals surface area (Å²) in [5.74, 6) is -0.980. The van der Waals surface area contributed by atoms with E-state index < -0.39 is 5.97 Å². The fourth-order valence-electron chi connectivity index (χ4n) is 3.09. The lowest BCUT2D eigenvalue weighted by Gasteiger charge is -2.36. The van der Waals surface area contributed by atoms with Gasteiger partial charge in [-0.25, -0.2) is 0 Å². The van der Waals surface area contributed by atoms with Crippen LogP contribution in [-0.4, -0.2) is 60.4 Å². The molecular weight excluding hydrogens is 356 g/mol. The van der Waals surface area contributed by atoms with Crippen LogP contribution in [0.15, 0.2) is 24.3 Å². The first-order chi connectivity index (χ1) is 12.3. The van der Waals surface area contributed by atoms with Crippen molar-refractivity contribution in [1.82, 2.24) is 9.80 Å². The van der Waals surface area contributed by atoms with Crippen LogP contribution >= 0.6 is 11.6 Å². The number of amides is 2. The Morgan fingerprint density at radius 1 is 1.27 bits per heavy atom. The van der Waals surface area contributed by atoms with Crippen molar-refractivity contribution in [2.24, 2.45) is 5.92 Å². The van der Waals surface area contributed by atoms with Crippen LogP contribution in [0.25, 0.3) is 0 Å². The van der Waals surface area contributed by atoms with E-state index in [1.807, 2.05) is 13.8 Å². The van der Waals surface area contributed by atoms with E-state index in [2.05, 4.69) is 4.74 Å². The number of hydrogen-bond acceptors (Lipinski definition) is 4. The molecule has 0 radical (unpaired) electrons. The summed E-state index contributed by atoms with van der Waals surface area (Å²) in [4.78, 5) is 40.4. The normalized spacial score (nSPS) is 17.1. The number of rotatable bonds is 5. The Morgan fingerprint density at radius 3 is 2.50 bits per heavy atom. The first-order valence-corrected chi connectivity index (χ1v) is 9.13. The molecule has 1 aromatic rings. The highest BCUT2D eigenvalue weighted by Crippen LogP contribution is 2.22. The third kappa shape index (κ3) is 4.97. The zero-order valence-electron chi connectivity index (χ0n) is 15.4. The minimum absolute atomic E-state index is 0.0748. The van der Waals surface area contributed by atoms with Gasteiger partial charge in [-0.2, -0.15) is 0 Å². The first kappa shape index (κ1) is 20.2. The molecule has 0 spiro atoms. The molecule has 7 heteroatoms. The second-order valence-electron chi connectivity index (χ2n) is 6.73. The summed E-state index contributed by atoms with van der Waals surface area (Å²) < 4.78 is 4.69. The molecule has 0 aromatic heterocycles. The van der Waals surface area contributed by atoms with Gasteiger partial charge in [0.05, 0.1) is 13.0 Å². The lowest BCUT2D eigenvalue weighted by Crippen LogP contribution is -2.50. The van der Waals surface area contributed by atoms with E-state index >= 15 is 0 Å². The average molecular weight is 381 g/mol. The molecule has 1 aromatic carbocycles. The molecule has 0 aliphatic carbocycles. The molecule has 1 aliphatic rings. The second-order valence-corrected chi connectivity index (χ2v) is 7.17. The van der Waals surface area contributed by atoms with E-state index in [0.29, 0.717) is 30.1 Å². The summed E-state index contributed by atoms with van der Waals surface area (Å²) in [6.45, 7) is 4.61. The quantitative estimate of drug-likeness (QED) is 0.736. The van der Waals surface area contributed by atoms with Gasteiger partial charge in [-0.3, -0.25) is 14.4 Å². The molecule has 1 unspecified atom stereocenters. The Kier molecular flexibility index (Phi) is 7.03. The molecule has 142 valence electrons. The molecule has 1 aliphatic heterocycles. The highest BCUT2D eigenvalue weighted by molar-refractivity contribution is 6.30. The van der Waals surface area contributed by atoms with Crippen LogP contribution < -0.4 is 0 Å². The summed E-state index contributed by atoms with van der Waals surface area (Å²) in [5, 5.41) is 0.573. The predicted molar refractivity (Wildman–Crippen MR) is 98.9 cm³/mol. The molecule has 2 rings (SSSR count). The largest absolute Gasteiger partial charge is 0.468 e. The number of hydrogen-bond donors (Lipinski definition) is 0. The van der Waals surface area contributed by atoms with Crippen LogP contribution in [0.3, 0.4) is 0 Å². The molecule has 0 saturated carbocycles. The van der Waals surface area contributed by atoms with Gasteiger partial charge in [0.25, 0.3) is 5.91 Å². The SMILES string of the molecule is COC(=O)CN(C(=O)C1CCCN(C(=O)c2ccc(Cl)cc2)C1)C(C)C. The predicted octanol–water partition coefficient (Wildman–Crippen LogP) is 2.60. The smallest absolute Gasteiger partial charge is 0.325 e. The number of methoxy groups -OCH3 is 1. The van der Waals surface area contributed by atoms with Crippen LogP contribution in [0.1, 0.15) is 37.0 Å². The fourth-order valence-corrected chi connectivity index (χ4v) is 3.22. The zero-order valence-corrected chi connectivity index (χ0v) is 16.2. The van der Waals surface area contributed by atoms with E-state index in [-0.39, 0.29) is 30.3 Å². The van der Waals surface area contributed by atoms with Crippen molar-refractivity contribution < 1.29 is 19.1 Å². The number of benzene rings is 1. The lowest BCUT2D eigenvalue weighted by atomic mass is 9.95. The summed E-state index contributed by atoms with van der Waals surface area (Å²) in [7, 11) is 1.30. The van der Waals surface area contributed by atoms with Gasteiger partial charge < -0.3 is 14.5 Å². The minimum Gasteiger partial charge on any atom is -0.468 e. The molecule has 2 amide bonds. The third-order valence-electron chi connectivity index (χ3n) is 4.58. The number of piperidine rings is 1. The van der Waals surface area contributed by atoms with Gasteiger partial charge in [0.2, 0.25) is 5.91 Å². The first-order valence-electron chi connectivity index (χ1n) is 8.75. The number of esters is 1. The molecule has 1 atom stereocenters. The Bertz CT molecular complexity index is 660. The molecule has 1 saturated heterocycles. The molecule has 6 nitrogen and oxygen atoms in total. The Hall–Kier alpha value is -2.08. The zero-order chi connectivity index (χ0) is 19.3. The van der Waals surface area contributed by atoms with E-state index in [0.717, 1.165) is 6.42 Å². The maximum absolute atomic E-state index is 12.9. The summed E-state index contributed by atoms with van der Waals surface area (Å²) in [6, 6.07) is 6.61. The maximum atomic E-state index is 12.9. The van der Waals surface area contributed by atoms with Crippen molar-refractivity contribution in [1.29, 1.82) is 0 Å². The Labute approximate surface area is 159 Å². The van der Waals surface area contributed by atoms with Crippen molar-refractivity contribution in [3.63, 3.8) is 0 Å². The van der Waals surface area contributed by atoms with Crippen LogP contribution in [0.5, 0.6) is 0 Å². The van der Waals surface area contributed by atoms with Gasteiger partial charge >= 0.3 is 5.97 Å². The molecule has 0 N–H and O–H groups in total. The van der Waals surface area contributed by atoms with Crippen molar-refractivity contribution in [2.75, 3.05) is 26.7 Å². The number of carbonyl (C=O) groups is 3. The number of nitrogens with zero attached hydrogens (tertiary/aromatic N) is 2. The number of ether oxygens (including phenoxy) is 1. The van der Waals surface area contributed by atoms with Gasteiger partial charge in [-0.05, 0) is 51.0 Å². The Morgan fingerprint density at radius 2 is 1.92 bits per heavy atom. The standard InChI is InChI=1S/C19H25ClN2O4/c1-13(2)22(12-17(23)26-3)19(25)15-5-4-10-21(11-15)18(24)14-6-8-16(20)9-7-14/h6-9,13,15H,4-5,10-12H2,1-3H3. The summed E-state index contributed by atoms with van der Waals surface area (Å²) in [6.07, 6.45) is 1.45. The van der Waals surface area contributed by atoms with Gasteiger partial charge in [0, 0.05) is 29.7 Å². The minimum atomic E-state index is -0.447. The summed E-state index contributed by atoms with van der Waals surface area (Å²) >= 11 is 5.87. The van der Waals surface area contributed by atoms with E-state index in [1.165, 1.54) is 12.0 Å². The molecule has 26 heavy (non-hydrogen) atoms. The second kappa shape index (κ2) is 9.03. The molecular formula is C19H25ClN2O4. The number of carbonyl (C=O) groups excluding carboxylic acids is 3. The Balaban J connectivity index is 2.08. The van der Waals surface area contributed by atoms with Crippen molar-refractivity contribution in [3.8, 4) is 0 Å². The van der Waals surface area contributed by atoms with Gasteiger partial charge in [-0.15, -0.1) is 0 Å². The molecule has 1 heterocycles. The van der Waals surface area contributed by atoms with Crippen molar-refractivity contribution in [3.05, 3.63) is 34.9 Å². The van der Waals surface area contributed by atoms with Crippen LogP contribution in [0, 0.1) is 5.92 Å². The monoisotopic (exact) mass is 380 g/mol. The van der Waals surface area contributed by atoms with Crippen LogP contribution in [0.2, 0.25) is 5.02 Å². The van der Waals surface area contributed by atoms with Gasteiger partial charge in [0.15, 0.2) is 0 Å². The van der Waals surface area contributed by atoms with Crippen LogP contribution in [0.4, 0.5) is 0 Å². The third-order valence-corrected chi connectivity index (χ3v) is 4.83. The highest BCUT2D eigenvalue weighted by Gasteiger charge is 2.33. The molecule has 1 fully saturated rings. The fraction of sp³-hybridized carbons (Fsp3) is 0.526.